The van der Waals surface area contributed by atoms with E-state index < -0.39 is 28.4 Å². The highest BCUT2D eigenvalue weighted by Crippen LogP contribution is 2.41. The second-order valence-corrected chi connectivity index (χ2v) is 8.72. The first-order valence-corrected chi connectivity index (χ1v) is 11.9. The Hall–Kier alpha value is -3.96. The van der Waals surface area contributed by atoms with Crippen molar-refractivity contribution in [3.63, 3.8) is 0 Å². The molecule has 1 atom stereocenters. The molecule has 0 spiro atoms. The van der Waals surface area contributed by atoms with Gasteiger partial charge < -0.3 is 24.2 Å². The minimum absolute atomic E-state index is 0.135. The average molecular weight is 512 g/mol. The predicted octanol–water partition coefficient (Wildman–Crippen LogP) is 2.76. The highest BCUT2D eigenvalue weighted by Gasteiger charge is 2.46. The maximum absolute atomic E-state index is 13.2. The molecule has 0 radical (unpaired) electrons. The van der Waals surface area contributed by atoms with E-state index in [1.54, 1.807) is 18.2 Å². The van der Waals surface area contributed by atoms with Crippen LogP contribution in [0.5, 0.6) is 11.5 Å². The quantitative estimate of drug-likeness (QED) is 0.177. The Morgan fingerprint density at radius 3 is 2.49 bits per heavy atom. The van der Waals surface area contributed by atoms with Gasteiger partial charge in [0.2, 0.25) is 0 Å². The summed E-state index contributed by atoms with van der Waals surface area (Å²) in [5, 5.41) is 22.7. The Kier molecular flexibility index (Phi) is 8.04. The fourth-order valence-electron chi connectivity index (χ4n) is 4.69. The van der Waals surface area contributed by atoms with Crippen LogP contribution in [0, 0.1) is 10.1 Å². The maximum Gasteiger partial charge on any atom is 0.295 e. The van der Waals surface area contributed by atoms with Crippen molar-refractivity contribution >= 4 is 23.1 Å². The molecule has 0 saturated carbocycles. The molecule has 0 aliphatic carbocycles. The molecule has 37 heavy (non-hydrogen) atoms. The van der Waals surface area contributed by atoms with Gasteiger partial charge in [-0.1, -0.05) is 12.1 Å². The zero-order chi connectivity index (χ0) is 26.5. The Morgan fingerprint density at radius 1 is 1.08 bits per heavy atom. The van der Waals surface area contributed by atoms with E-state index in [1.165, 1.54) is 43.4 Å². The van der Waals surface area contributed by atoms with E-state index in [1.807, 2.05) is 0 Å². The summed E-state index contributed by atoms with van der Waals surface area (Å²) < 4.78 is 15.9. The zero-order valence-corrected chi connectivity index (χ0v) is 20.7. The molecule has 11 nitrogen and oxygen atoms in total. The fraction of sp³-hybridized carbons (Fsp3) is 0.385. The number of hydrogen-bond donors (Lipinski definition) is 1. The summed E-state index contributed by atoms with van der Waals surface area (Å²) >= 11 is 0. The van der Waals surface area contributed by atoms with Crippen LogP contribution in [-0.2, 0) is 14.3 Å². The molecule has 11 heteroatoms. The van der Waals surface area contributed by atoms with Gasteiger partial charge in [-0.3, -0.25) is 24.6 Å². The number of nitrogens with zero attached hydrogens (tertiary/aromatic N) is 3. The lowest BCUT2D eigenvalue weighted by atomic mass is 9.94. The lowest BCUT2D eigenvalue weighted by Gasteiger charge is -2.29. The van der Waals surface area contributed by atoms with E-state index in [2.05, 4.69) is 4.90 Å². The van der Waals surface area contributed by atoms with Crippen LogP contribution in [0.3, 0.4) is 0 Å². The summed E-state index contributed by atoms with van der Waals surface area (Å²) in [7, 11) is 2.92. The topological polar surface area (TPSA) is 132 Å². The van der Waals surface area contributed by atoms with Crippen molar-refractivity contribution in [2.45, 2.75) is 12.5 Å². The first kappa shape index (κ1) is 26.1. The van der Waals surface area contributed by atoms with Gasteiger partial charge in [0.15, 0.2) is 11.5 Å². The molecule has 2 heterocycles. The Morgan fingerprint density at radius 2 is 1.81 bits per heavy atom. The number of methoxy groups -OCH3 is 2. The standard InChI is InChI=1S/C26H29N3O8/c1-35-20-8-7-18(16-21(20)36-2)24(30)22-23(17-5-3-6-19(15-17)29(33)34)28(26(32)25(22)31)10-4-9-27-11-13-37-14-12-27/h3,5-8,15-16,23,30H,4,9-14H2,1-2H3/b24-22+/t23-/m0/s1. The highest BCUT2D eigenvalue weighted by atomic mass is 16.6. The molecular formula is C26H29N3O8. The second-order valence-electron chi connectivity index (χ2n) is 8.72. The molecule has 4 rings (SSSR count). The number of likely N-dealkylation sites (tertiary alicyclic amines) is 1. The third-order valence-corrected chi connectivity index (χ3v) is 6.57. The van der Waals surface area contributed by atoms with Crippen LogP contribution in [0.1, 0.15) is 23.6 Å². The number of ketones is 1. The molecule has 196 valence electrons. The fourth-order valence-corrected chi connectivity index (χ4v) is 4.69. The Bertz CT molecular complexity index is 1220. The van der Waals surface area contributed by atoms with Gasteiger partial charge in [0.25, 0.3) is 17.4 Å². The normalized spacial score (nSPS) is 19.7. The number of morpholine rings is 1. The monoisotopic (exact) mass is 511 g/mol. The molecule has 1 amide bonds. The summed E-state index contributed by atoms with van der Waals surface area (Å²) in [6, 6.07) is 9.41. The van der Waals surface area contributed by atoms with E-state index in [0.29, 0.717) is 43.2 Å². The van der Waals surface area contributed by atoms with E-state index in [-0.39, 0.29) is 23.4 Å². The number of nitro groups is 1. The highest BCUT2D eigenvalue weighted by molar-refractivity contribution is 6.46. The molecule has 0 unspecified atom stereocenters. The van der Waals surface area contributed by atoms with Gasteiger partial charge in [0, 0.05) is 43.9 Å². The minimum Gasteiger partial charge on any atom is -0.507 e. The number of non-ortho nitro benzene ring substituents is 1. The number of hydrogen-bond acceptors (Lipinski definition) is 9. The van der Waals surface area contributed by atoms with Crippen molar-refractivity contribution in [3.05, 3.63) is 69.3 Å². The lowest BCUT2D eigenvalue weighted by molar-refractivity contribution is -0.384. The number of amides is 1. The van der Waals surface area contributed by atoms with Gasteiger partial charge in [-0.05, 0) is 30.2 Å². The van der Waals surface area contributed by atoms with E-state index >= 15 is 0 Å². The van der Waals surface area contributed by atoms with Gasteiger partial charge >= 0.3 is 0 Å². The van der Waals surface area contributed by atoms with Crippen LogP contribution in [0.25, 0.3) is 5.76 Å². The number of carbonyl (C=O) groups is 2. The zero-order valence-electron chi connectivity index (χ0n) is 20.7. The van der Waals surface area contributed by atoms with Crippen molar-refractivity contribution in [3.8, 4) is 11.5 Å². The Labute approximate surface area is 214 Å². The number of benzene rings is 2. The molecule has 2 fully saturated rings. The van der Waals surface area contributed by atoms with Crippen molar-refractivity contribution in [1.82, 2.24) is 9.80 Å². The van der Waals surface area contributed by atoms with Crippen molar-refractivity contribution in [1.29, 1.82) is 0 Å². The largest absolute Gasteiger partial charge is 0.507 e. The van der Waals surface area contributed by atoms with Crippen LogP contribution < -0.4 is 9.47 Å². The number of aliphatic hydroxyl groups excluding tert-OH is 1. The van der Waals surface area contributed by atoms with Gasteiger partial charge in [-0.25, -0.2) is 0 Å². The number of carbonyl (C=O) groups excluding carboxylic acids is 2. The number of rotatable bonds is 9. The van der Waals surface area contributed by atoms with Crippen LogP contribution in [0.15, 0.2) is 48.0 Å². The molecule has 2 saturated heterocycles. The second kappa shape index (κ2) is 11.4. The molecular weight excluding hydrogens is 482 g/mol. The molecule has 2 aromatic carbocycles. The summed E-state index contributed by atoms with van der Waals surface area (Å²) in [6.07, 6.45) is 0.578. The summed E-state index contributed by atoms with van der Waals surface area (Å²) in [5.74, 6) is -1.25. The number of Topliss-reactive ketones (excluding diaryl/α,β-unsaturated/α-hetero) is 1. The van der Waals surface area contributed by atoms with Crippen molar-refractivity contribution in [2.24, 2.45) is 0 Å². The van der Waals surface area contributed by atoms with Crippen LogP contribution in [0.2, 0.25) is 0 Å². The van der Waals surface area contributed by atoms with Gasteiger partial charge in [0.1, 0.15) is 5.76 Å². The smallest absolute Gasteiger partial charge is 0.295 e. The van der Waals surface area contributed by atoms with E-state index in [4.69, 9.17) is 14.2 Å². The molecule has 1 N–H and O–H groups in total. The average Bonchev–Trinajstić information content (AvgIpc) is 3.18. The van der Waals surface area contributed by atoms with Gasteiger partial charge in [-0.15, -0.1) is 0 Å². The third-order valence-electron chi connectivity index (χ3n) is 6.57. The number of ether oxygens (including phenoxy) is 3. The van der Waals surface area contributed by atoms with Crippen molar-refractivity contribution in [2.75, 3.05) is 53.6 Å². The van der Waals surface area contributed by atoms with Crippen molar-refractivity contribution < 1.29 is 33.8 Å². The van der Waals surface area contributed by atoms with Crippen LogP contribution >= 0.6 is 0 Å². The third kappa shape index (κ3) is 5.42. The molecule has 2 aliphatic rings. The lowest BCUT2D eigenvalue weighted by Crippen LogP contribution is -2.39. The molecule has 0 bridgehead atoms. The summed E-state index contributed by atoms with van der Waals surface area (Å²) in [5.41, 5.74) is 0.299. The molecule has 2 aromatic rings. The number of aliphatic hydroxyl groups is 1. The van der Waals surface area contributed by atoms with Gasteiger partial charge in [0.05, 0.1) is 44.0 Å². The van der Waals surface area contributed by atoms with E-state index in [9.17, 15) is 24.8 Å². The van der Waals surface area contributed by atoms with E-state index in [0.717, 1.165) is 13.1 Å². The van der Waals surface area contributed by atoms with Crippen LogP contribution in [0.4, 0.5) is 5.69 Å². The molecule has 0 aromatic heterocycles. The maximum atomic E-state index is 13.2. The minimum atomic E-state index is -0.988. The first-order chi connectivity index (χ1) is 17.8. The number of nitro benzene ring substituents is 1. The molecule has 2 aliphatic heterocycles. The predicted molar refractivity (Wildman–Crippen MR) is 134 cm³/mol. The first-order valence-electron chi connectivity index (χ1n) is 11.9. The van der Waals surface area contributed by atoms with Gasteiger partial charge in [-0.2, -0.15) is 0 Å². The summed E-state index contributed by atoms with van der Waals surface area (Å²) in [6.45, 7) is 3.79. The van der Waals surface area contributed by atoms with Crippen LogP contribution in [-0.4, -0.2) is 85.1 Å². The Balaban J connectivity index is 1.74. The SMILES string of the molecule is COc1ccc(/C(O)=C2\C(=O)C(=O)N(CCCN3CCOCC3)[C@H]2c2cccc([N+](=O)[O-])c2)cc1OC. The summed E-state index contributed by atoms with van der Waals surface area (Å²) in [4.78, 5) is 40.9.